The minimum Gasteiger partial charge on any atom is -0.340 e. The summed E-state index contributed by atoms with van der Waals surface area (Å²) in [5.74, 6) is 0.357. The first-order valence-electron chi connectivity index (χ1n) is 7.60. The number of thiophene rings is 1. The van der Waals surface area contributed by atoms with Crippen LogP contribution < -0.4 is 0 Å². The normalized spacial score (nSPS) is 10.8. The van der Waals surface area contributed by atoms with Gasteiger partial charge in [-0.3, -0.25) is 9.36 Å². The van der Waals surface area contributed by atoms with E-state index in [2.05, 4.69) is 10.2 Å². The number of aromatic nitrogens is 3. The second-order valence-corrected chi connectivity index (χ2v) is 7.92. The van der Waals surface area contributed by atoms with E-state index in [0.717, 1.165) is 11.3 Å². The Kier molecular flexibility index (Phi) is 5.78. The van der Waals surface area contributed by atoms with Crippen molar-refractivity contribution in [2.45, 2.75) is 18.6 Å². The van der Waals surface area contributed by atoms with Crippen molar-refractivity contribution in [3.63, 3.8) is 0 Å². The standard InChI is InChI=1S/C17H17ClN4OS2/c1-12-5-6-13(8-15(12)18)22-11-19-20-17(22)25-10-16(23)21(2)9-14-4-3-7-24-14/h3-8,11H,9-10H2,1-2H3. The molecule has 1 aromatic carbocycles. The molecule has 8 heteroatoms. The molecule has 130 valence electrons. The molecule has 5 nitrogen and oxygen atoms in total. The lowest BCUT2D eigenvalue weighted by Gasteiger charge is -2.16. The molecule has 0 radical (unpaired) electrons. The van der Waals surface area contributed by atoms with Gasteiger partial charge in [0.15, 0.2) is 5.16 Å². The van der Waals surface area contributed by atoms with Crippen molar-refractivity contribution in [2.24, 2.45) is 0 Å². The lowest BCUT2D eigenvalue weighted by atomic mass is 10.2. The van der Waals surface area contributed by atoms with Gasteiger partial charge in [0.05, 0.1) is 18.0 Å². The maximum atomic E-state index is 12.3. The van der Waals surface area contributed by atoms with Gasteiger partial charge in [-0.25, -0.2) is 0 Å². The Hall–Kier alpha value is -1.83. The molecule has 0 N–H and O–H groups in total. The van der Waals surface area contributed by atoms with Crippen LogP contribution in [0.15, 0.2) is 47.2 Å². The number of rotatable bonds is 6. The maximum Gasteiger partial charge on any atom is 0.233 e. The summed E-state index contributed by atoms with van der Waals surface area (Å²) in [6, 6.07) is 9.79. The Morgan fingerprint density at radius 1 is 1.40 bits per heavy atom. The molecular weight excluding hydrogens is 376 g/mol. The monoisotopic (exact) mass is 392 g/mol. The van der Waals surface area contributed by atoms with Crippen molar-refractivity contribution in [3.05, 3.63) is 57.5 Å². The summed E-state index contributed by atoms with van der Waals surface area (Å²) in [7, 11) is 1.81. The van der Waals surface area contributed by atoms with Gasteiger partial charge in [0.1, 0.15) is 6.33 Å². The first-order chi connectivity index (χ1) is 12.0. The second-order valence-electron chi connectivity index (χ2n) is 5.53. The third-order valence-corrected chi connectivity index (χ3v) is 5.87. The van der Waals surface area contributed by atoms with Gasteiger partial charge in [0.2, 0.25) is 5.91 Å². The zero-order valence-electron chi connectivity index (χ0n) is 13.8. The van der Waals surface area contributed by atoms with E-state index < -0.39 is 0 Å². The first-order valence-corrected chi connectivity index (χ1v) is 9.84. The SMILES string of the molecule is Cc1ccc(-n2cnnc2SCC(=O)N(C)Cc2cccs2)cc1Cl. The fourth-order valence-electron chi connectivity index (χ4n) is 2.19. The number of amides is 1. The molecule has 0 atom stereocenters. The predicted octanol–water partition coefficient (Wildman–Crippen LogP) is 4.04. The Bertz CT molecular complexity index is 863. The van der Waals surface area contributed by atoms with Crippen LogP contribution in [-0.2, 0) is 11.3 Å². The average Bonchev–Trinajstić information content (AvgIpc) is 3.26. The number of hydrogen-bond acceptors (Lipinski definition) is 5. The number of aryl methyl sites for hydroxylation is 1. The van der Waals surface area contributed by atoms with E-state index in [4.69, 9.17) is 11.6 Å². The Labute approximate surface area is 159 Å². The van der Waals surface area contributed by atoms with Crippen molar-refractivity contribution < 1.29 is 4.79 Å². The van der Waals surface area contributed by atoms with Crippen LogP contribution in [0.1, 0.15) is 10.4 Å². The summed E-state index contributed by atoms with van der Waals surface area (Å²) < 4.78 is 1.84. The molecule has 2 aromatic heterocycles. The molecule has 0 aliphatic heterocycles. The lowest BCUT2D eigenvalue weighted by Crippen LogP contribution is -2.27. The van der Waals surface area contributed by atoms with E-state index in [1.165, 1.54) is 16.6 Å². The summed E-state index contributed by atoms with van der Waals surface area (Å²) in [4.78, 5) is 15.2. The third-order valence-electron chi connectivity index (χ3n) is 3.67. The number of carbonyl (C=O) groups is 1. The molecule has 0 bridgehead atoms. The topological polar surface area (TPSA) is 51.0 Å². The predicted molar refractivity (Wildman–Crippen MR) is 103 cm³/mol. The van der Waals surface area contributed by atoms with E-state index in [0.29, 0.717) is 22.5 Å². The van der Waals surface area contributed by atoms with Crippen molar-refractivity contribution in [2.75, 3.05) is 12.8 Å². The number of halogens is 1. The van der Waals surface area contributed by atoms with Crippen LogP contribution >= 0.6 is 34.7 Å². The molecule has 0 saturated carbocycles. The Balaban J connectivity index is 1.65. The van der Waals surface area contributed by atoms with Crippen molar-refractivity contribution in [3.8, 4) is 5.69 Å². The number of nitrogens with zero attached hydrogens (tertiary/aromatic N) is 4. The highest BCUT2D eigenvalue weighted by Crippen LogP contribution is 2.24. The first kappa shape index (κ1) is 18.0. The molecule has 3 aromatic rings. The summed E-state index contributed by atoms with van der Waals surface area (Å²) >= 11 is 9.21. The molecule has 0 unspecified atom stereocenters. The quantitative estimate of drug-likeness (QED) is 0.594. The summed E-state index contributed by atoms with van der Waals surface area (Å²) in [6.07, 6.45) is 1.63. The third kappa shape index (κ3) is 4.42. The highest BCUT2D eigenvalue weighted by molar-refractivity contribution is 7.99. The number of benzene rings is 1. The fourth-order valence-corrected chi connectivity index (χ4v) is 3.99. The van der Waals surface area contributed by atoms with Crippen LogP contribution in [0.5, 0.6) is 0 Å². The number of carbonyl (C=O) groups excluding carboxylic acids is 1. The maximum absolute atomic E-state index is 12.3. The van der Waals surface area contributed by atoms with E-state index >= 15 is 0 Å². The molecular formula is C17H17ClN4OS2. The Morgan fingerprint density at radius 2 is 2.24 bits per heavy atom. The van der Waals surface area contributed by atoms with Crippen LogP contribution in [0, 0.1) is 6.92 Å². The van der Waals surface area contributed by atoms with E-state index in [-0.39, 0.29) is 5.91 Å². The molecule has 0 aliphatic rings. The zero-order chi connectivity index (χ0) is 17.8. The molecule has 2 heterocycles. The Morgan fingerprint density at radius 3 is 2.96 bits per heavy atom. The molecule has 25 heavy (non-hydrogen) atoms. The number of hydrogen-bond donors (Lipinski definition) is 0. The van der Waals surface area contributed by atoms with Crippen LogP contribution in [0.2, 0.25) is 5.02 Å². The molecule has 0 spiro atoms. The van der Waals surface area contributed by atoms with Crippen LogP contribution in [0.25, 0.3) is 5.69 Å². The van der Waals surface area contributed by atoms with Gasteiger partial charge < -0.3 is 4.90 Å². The highest BCUT2D eigenvalue weighted by atomic mass is 35.5. The molecule has 0 fully saturated rings. The minimum atomic E-state index is 0.0508. The van der Waals surface area contributed by atoms with Gasteiger partial charge in [-0.05, 0) is 36.1 Å². The smallest absolute Gasteiger partial charge is 0.233 e. The summed E-state index contributed by atoms with van der Waals surface area (Å²) in [5, 5.41) is 11.4. The molecule has 1 amide bonds. The largest absolute Gasteiger partial charge is 0.340 e. The number of thioether (sulfide) groups is 1. The summed E-state index contributed by atoms with van der Waals surface area (Å²) in [5.41, 5.74) is 1.89. The van der Waals surface area contributed by atoms with Gasteiger partial charge in [0.25, 0.3) is 0 Å². The average molecular weight is 393 g/mol. The van der Waals surface area contributed by atoms with Gasteiger partial charge in [-0.2, -0.15) is 0 Å². The highest BCUT2D eigenvalue weighted by Gasteiger charge is 2.14. The van der Waals surface area contributed by atoms with Gasteiger partial charge in [0, 0.05) is 16.9 Å². The fraction of sp³-hybridized carbons (Fsp3) is 0.235. The van der Waals surface area contributed by atoms with Crippen molar-refractivity contribution in [1.82, 2.24) is 19.7 Å². The van der Waals surface area contributed by atoms with Crippen LogP contribution in [-0.4, -0.2) is 38.4 Å². The van der Waals surface area contributed by atoms with Crippen molar-refractivity contribution in [1.29, 1.82) is 0 Å². The van der Waals surface area contributed by atoms with E-state index in [1.54, 1.807) is 22.6 Å². The van der Waals surface area contributed by atoms with Crippen LogP contribution in [0.4, 0.5) is 0 Å². The van der Waals surface area contributed by atoms with E-state index in [1.807, 2.05) is 54.3 Å². The van der Waals surface area contributed by atoms with Crippen LogP contribution in [0.3, 0.4) is 0 Å². The van der Waals surface area contributed by atoms with Gasteiger partial charge >= 0.3 is 0 Å². The molecule has 3 rings (SSSR count). The van der Waals surface area contributed by atoms with Gasteiger partial charge in [-0.15, -0.1) is 21.5 Å². The molecule has 0 saturated heterocycles. The van der Waals surface area contributed by atoms with E-state index in [9.17, 15) is 4.79 Å². The minimum absolute atomic E-state index is 0.0508. The zero-order valence-corrected chi connectivity index (χ0v) is 16.2. The van der Waals surface area contributed by atoms with Gasteiger partial charge in [-0.1, -0.05) is 35.5 Å². The lowest BCUT2D eigenvalue weighted by molar-refractivity contribution is -0.127. The summed E-state index contributed by atoms with van der Waals surface area (Å²) in [6.45, 7) is 2.58. The molecule has 0 aliphatic carbocycles. The second kappa shape index (κ2) is 8.03. The van der Waals surface area contributed by atoms with Crippen molar-refractivity contribution >= 4 is 40.6 Å².